The zero-order chi connectivity index (χ0) is 16.0. The number of carbonyl (C=O) groups excluding carboxylic acids is 1. The molecular weight excluding hydrogens is 319 g/mol. The molecule has 2 atom stereocenters. The monoisotopic (exact) mass is 336 g/mol. The van der Waals surface area contributed by atoms with Gasteiger partial charge in [0.2, 0.25) is 0 Å². The van der Waals surface area contributed by atoms with Gasteiger partial charge in [0.1, 0.15) is 11.0 Å². The lowest BCUT2D eigenvalue weighted by Gasteiger charge is -2.32. The molecule has 8 heteroatoms. The number of H-pyrrole nitrogens is 1. The molecule has 4 heterocycles. The number of halogens is 1. The van der Waals surface area contributed by atoms with Crippen LogP contribution >= 0.6 is 11.3 Å². The molecule has 0 spiro atoms. The number of rotatable bonds is 3. The van der Waals surface area contributed by atoms with E-state index in [0.717, 1.165) is 21.7 Å². The Kier molecular flexibility index (Phi) is 3.57. The Balaban J connectivity index is 1.83. The molecule has 23 heavy (non-hydrogen) atoms. The van der Waals surface area contributed by atoms with Crippen molar-refractivity contribution in [3.05, 3.63) is 22.8 Å². The predicted molar refractivity (Wildman–Crippen MR) is 85.8 cm³/mol. The molecule has 0 unspecified atom stereocenters. The molecule has 0 bridgehead atoms. The molecule has 0 aliphatic carbocycles. The van der Waals surface area contributed by atoms with E-state index in [-0.39, 0.29) is 11.9 Å². The predicted octanol–water partition coefficient (Wildman–Crippen LogP) is 1.60. The van der Waals surface area contributed by atoms with Crippen LogP contribution in [0.4, 0.5) is 10.1 Å². The molecule has 0 saturated carbocycles. The number of ether oxygens (including phenoxy) is 1. The summed E-state index contributed by atoms with van der Waals surface area (Å²) in [4.78, 5) is 16.2. The molecular formula is C15H17FN4O2S. The Morgan fingerprint density at radius 3 is 3.09 bits per heavy atom. The van der Waals surface area contributed by atoms with Crippen LogP contribution in [0.2, 0.25) is 0 Å². The number of alkyl halides is 1. The number of thiophene rings is 1. The summed E-state index contributed by atoms with van der Waals surface area (Å²) in [5.74, 6) is -0.108. The highest BCUT2D eigenvalue weighted by Gasteiger charge is 2.37. The minimum atomic E-state index is -0.938. The Morgan fingerprint density at radius 2 is 2.35 bits per heavy atom. The summed E-state index contributed by atoms with van der Waals surface area (Å²) in [6, 6.07) is -0.136. The molecule has 0 fully saturated rings. The first kappa shape index (κ1) is 14.6. The largest absolute Gasteiger partial charge is 0.382 e. The average Bonchev–Trinajstić information content (AvgIpc) is 3.11. The van der Waals surface area contributed by atoms with Crippen molar-refractivity contribution >= 4 is 22.9 Å². The Morgan fingerprint density at radius 1 is 1.48 bits per heavy atom. The van der Waals surface area contributed by atoms with Crippen LogP contribution < -0.4 is 10.2 Å². The summed E-state index contributed by atoms with van der Waals surface area (Å²) in [5, 5.41) is 9.74. The van der Waals surface area contributed by atoms with Gasteiger partial charge < -0.3 is 15.0 Å². The Labute approximate surface area is 136 Å². The van der Waals surface area contributed by atoms with Crippen LogP contribution in [-0.4, -0.2) is 55.1 Å². The van der Waals surface area contributed by atoms with Gasteiger partial charge in [-0.1, -0.05) is 0 Å². The maximum Gasteiger partial charge on any atom is 0.263 e. The first-order valence-corrected chi connectivity index (χ1v) is 8.32. The van der Waals surface area contributed by atoms with Crippen molar-refractivity contribution < 1.29 is 13.9 Å². The van der Waals surface area contributed by atoms with Gasteiger partial charge in [0, 0.05) is 43.3 Å². The summed E-state index contributed by atoms with van der Waals surface area (Å²) in [7, 11) is 1.60. The number of aromatic amines is 1. The highest BCUT2D eigenvalue weighted by Crippen LogP contribution is 2.45. The van der Waals surface area contributed by atoms with E-state index in [0.29, 0.717) is 31.0 Å². The number of anilines is 1. The van der Waals surface area contributed by atoms with Gasteiger partial charge in [-0.15, -0.1) is 11.3 Å². The van der Waals surface area contributed by atoms with Crippen molar-refractivity contribution in [3.8, 4) is 10.4 Å². The second kappa shape index (κ2) is 5.61. The van der Waals surface area contributed by atoms with E-state index in [9.17, 15) is 9.18 Å². The number of amides is 1. The second-order valence-corrected chi connectivity index (χ2v) is 6.93. The van der Waals surface area contributed by atoms with E-state index < -0.39 is 6.17 Å². The van der Waals surface area contributed by atoms with Gasteiger partial charge in [-0.05, 0) is 5.56 Å². The van der Waals surface area contributed by atoms with E-state index in [4.69, 9.17) is 4.74 Å². The molecule has 0 aromatic carbocycles. The Bertz CT molecular complexity index is 730. The van der Waals surface area contributed by atoms with Gasteiger partial charge in [0.05, 0.1) is 24.5 Å². The third-order valence-corrected chi connectivity index (χ3v) is 5.52. The third kappa shape index (κ3) is 2.42. The van der Waals surface area contributed by atoms with Crippen LogP contribution in [0.25, 0.3) is 10.4 Å². The first-order chi connectivity index (χ1) is 11.2. The minimum Gasteiger partial charge on any atom is -0.382 e. The van der Waals surface area contributed by atoms with Crippen molar-refractivity contribution in [1.82, 2.24) is 15.5 Å². The first-order valence-electron chi connectivity index (χ1n) is 7.51. The molecule has 122 valence electrons. The number of nitrogens with zero attached hydrogens (tertiary/aromatic N) is 2. The number of hydrogen-bond acceptors (Lipinski definition) is 5. The zero-order valence-electron chi connectivity index (χ0n) is 12.6. The standard InChI is InChI=1S/C15H17FN4O2S/c1-22-7-10-6-20-5-9(16)2-11-12(20)14(15(21)19-10)23-13(11)8-3-17-18-4-8/h3-4,9-10H,2,5-7H2,1H3,(H,17,18)(H,19,21)/t9-,10+/m0/s1. The van der Waals surface area contributed by atoms with Crippen LogP contribution in [0.1, 0.15) is 15.2 Å². The maximum atomic E-state index is 14.3. The van der Waals surface area contributed by atoms with E-state index >= 15 is 0 Å². The van der Waals surface area contributed by atoms with Crippen LogP contribution in [-0.2, 0) is 11.2 Å². The van der Waals surface area contributed by atoms with Crippen molar-refractivity contribution in [2.45, 2.75) is 18.6 Å². The van der Waals surface area contributed by atoms with Gasteiger partial charge >= 0.3 is 0 Å². The summed E-state index contributed by atoms with van der Waals surface area (Å²) in [6.07, 6.45) is 2.89. The summed E-state index contributed by atoms with van der Waals surface area (Å²) in [6.45, 7) is 1.29. The van der Waals surface area contributed by atoms with Crippen molar-refractivity contribution in [2.24, 2.45) is 0 Å². The van der Waals surface area contributed by atoms with E-state index in [1.54, 1.807) is 19.5 Å². The lowest BCUT2D eigenvalue weighted by atomic mass is 9.99. The normalized spacial score (nSPS) is 23.4. The van der Waals surface area contributed by atoms with E-state index in [1.165, 1.54) is 11.3 Å². The molecule has 2 aromatic rings. The van der Waals surface area contributed by atoms with Crippen LogP contribution in [0, 0.1) is 0 Å². The molecule has 4 rings (SSSR count). The fourth-order valence-corrected chi connectivity index (χ4v) is 4.62. The molecule has 6 nitrogen and oxygen atoms in total. The van der Waals surface area contributed by atoms with Crippen LogP contribution in [0.3, 0.4) is 0 Å². The second-order valence-electron chi connectivity index (χ2n) is 5.91. The third-order valence-electron chi connectivity index (χ3n) is 4.25. The fourth-order valence-electron chi connectivity index (χ4n) is 3.38. The van der Waals surface area contributed by atoms with Gasteiger partial charge in [0.25, 0.3) is 5.91 Å². The minimum absolute atomic E-state index is 0.108. The molecule has 2 aliphatic heterocycles. The van der Waals surface area contributed by atoms with Crippen molar-refractivity contribution in [2.75, 3.05) is 31.7 Å². The molecule has 0 saturated heterocycles. The van der Waals surface area contributed by atoms with E-state index in [2.05, 4.69) is 15.5 Å². The number of methoxy groups -OCH3 is 1. The SMILES string of the molecule is COC[C@H]1CN2C[C@@H](F)Cc3c(-c4cn[nH]c4)sc(c32)C(=O)N1. The quantitative estimate of drug-likeness (QED) is 0.893. The zero-order valence-corrected chi connectivity index (χ0v) is 13.5. The Hall–Kier alpha value is -1.93. The highest BCUT2D eigenvalue weighted by atomic mass is 32.1. The fraction of sp³-hybridized carbons (Fsp3) is 0.467. The van der Waals surface area contributed by atoms with Crippen molar-refractivity contribution in [3.63, 3.8) is 0 Å². The van der Waals surface area contributed by atoms with Crippen molar-refractivity contribution in [1.29, 1.82) is 0 Å². The number of hydrogen-bond donors (Lipinski definition) is 2. The van der Waals surface area contributed by atoms with Crippen LogP contribution in [0.5, 0.6) is 0 Å². The number of nitrogens with one attached hydrogen (secondary N) is 2. The lowest BCUT2D eigenvalue weighted by molar-refractivity contribution is 0.0910. The molecule has 0 radical (unpaired) electrons. The number of carbonyl (C=O) groups is 1. The van der Waals surface area contributed by atoms with Gasteiger partial charge in [-0.3, -0.25) is 9.89 Å². The topological polar surface area (TPSA) is 70.2 Å². The van der Waals surface area contributed by atoms with Crippen LogP contribution in [0.15, 0.2) is 12.4 Å². The van der Waals surface area contributed by atoms with Gasteiger partial charge in [-0.25, -0.2) is 4.39 Å². The summed E-state index contributed by atoms with van der Waals surface area (Å²) < 4.78 is 19.5. The van der Waals surface area contributed by atoms with Gasteiger partial charge in [-0.2, -0.15) is 5.10 Å². The molecule has 2 aromatic heterocycles. The summed E-state index contributed by atoms with van der Waals surface area (Å²) >= 11 is 1.41. The van der Waals surface area contributed by atoms with Gasteiger partial charge in [0.15, 0.2) is 0 Å². The molecule has 1 amide bonds. The molecule has 2 aliphatic rings. The lowest BCUT2D eigenvalue weighted by Crippen LogP contribution is -2.46. The van der Waals surface area contributed by atoms with E-state index in [1.807, 2.05) is 4.90 Å². The summed E-state index contributed by atoms with van der Waals surface area (Å²) in [5.41, 5.74) is 2.70. The maximum absolute atomic E-state index is 14.3. The molecule has 2 N–H and O–H groups in total. The highest BCUT2D eigenvalue weighted by molar-refractivity contribution is 7.18. The number of aromatic nitrogens is 2. The smallest absolute Gasteiger partial charge is 0.263 e. The average molecular weight is 336 g/mol.